The molecule has 2 spiro atoms. The number of carbonyl (C=O) groups excluding carboxylic acids is 2. The van der Waals surface area contributed by atoms with Crippen LogP contribution in [-0.4, -0.2) is 36.9 Å². The quantitative estimate of drug-likeness (QED) is 0.363. The van der Waals surface area contributed by atoms with Crippen LogP contribution >= 0.6 is 22.6 Å². The molecule has 2 amide bonds. The average Bonchev–Trinajstić information content (AvgIpc) is 3.84. The zero-order valence-corrected chi connectivity index (χ0v) is 23.8. The molecule has 1 N–H and O–H groups in total. The van der Waals surface area contributed by atoms with Gasteiger partial charge in [-0.25, -0.2) is 13.2 Å². The molecule has 1 saturated heterocycles. The van der Waals surface area contributed by atoms with Gasteiger partial charge in [0.15, 0.2) is 0 Å². The molecule has 5 nitrogen and oxygen atoms in total. The average molecular weight is 649 g/mol. The molecule has 9 heteroatoms. The maximum atomic E-state index is 15.7. The number of rotatable bonds is 4. The van der Waals surface area contributed by atoms with Crippen molar-refractivity contribution in [3.63, 3.8) is 0 Å². The number of hydrogen-bond acceptors (Lipinski definition) is 3. The third-order valence-corrected chi connectivity index (χ3v) is 10.5. The number of alkyl halides is 2. The SMILES string of the molecule is O=C(Nc1cc(F)c2c(c1)C1(CCC(F)(F)CC1)C(=O)N2C1CC1)c1ccc(I)cc1N1CCC2(CC1)CC2. The molecule has 2 aliphatic heterocycles. The molecule has 2 aromatic rings. The van der Waals surface area contributed by atoms with Gasteiger partial charge in [0.2, 0.25) is 11.8 Å². The van der Waals surface area contributed by atoms with Crippen LogP contribution in [-0.2, 0) is 10.2 Å². The minimum atomic E-state index is -2.82. The van der Waals surface area contributed by atoms with Crippen molar-refractivity contribution in [2.45, 2.75) is 81.6 Å². The van der Waals surface area contributed by atoms with Crippen molar-refractivity contribution in [1.82, 2.24) is 0 Å². The van der Waals surface area contributed by atoms with Gasteiger partial charge in [-0.1, -0.05) is 0 Å². The number of piperidine rings is 1. The highest BCUT2D eigenvalue weighted by Crippen LogP contribution is 2.57. The summed E-state index contributed by atoms with van der Waals surface area (Å²) >= 11 is 2.25. The molecule has 4 fully saturated rings. The number of anilines is 3. The first-order chi connectivity index (χ1) is 18.6. The van der Waals surface area contributed by atoms with Crippen LogP contribution in [0.5, 0.6) is 0 Å². The summed E-state index contributed by atoms with van der Waals surface area (Å²) < 4.78 is 45.0. The van der Waals surface area contributed by atoms with E-state index in [1.807, 2.05) is 12.1 Å². The van der Waals surface area contributed by atoms with Gasteiger partial charge in [0.25, 0.3) is 5.91 Å². The number of halogens is 4. The number of nitrogens with zero attached hydrogens (tertiary/aromatic N) is 2. The Morgan fingerprint density at radius 3 is 2.28 bits per heavy atom. The normalized spacial score (nSPS) is 24.3. The first kappa shape index (κ1) is 25.7. The Balaban J connectivity index is 1.21. The van der Waals surface area contributed by atoms with Gasteiger partial charge in [0, 0.05) is 41.2 Å². The van der Waals surface area contributed by atoms with Gasteiger partial charge >= 0.3 is 0 Å². The van der Waals surface area contributed by atoms with Crippen LogP contribution in [0.2, 0.25) is 0 Å². The van der Waals surface area contributed by atoms with Crippen molar-refractivity contribution in [2.24, 2.45) is 5.41 Å². The fourth-order valence-electron chi connectivity index (χ4n) is 6.99. The Kier molecular flexibility index (Phi) is 5.82. The van der Waals surface area contributed by atoms with E-state index in [0.717, 1.165) is 48.0 Å². The number of amides is 2. The van der Waals surface area contributed by atoms with Gasteiger partial charge in [-0.3, -0.25) is 9.59 Å². The van der Waals surface area contributed by atoms with E-state index in [-0.39, 0.29) is 42.1 Å². The highest BCUT2D eigenvalue weighted by Gasteiger charge is 2.58. The molecular weight excluding hydrogens is 618 g/mol. The highest BCUT2D eigenvalue weighted by molar-refractivity contribution is 14.1. The Hall–Kier alpha value is -2.30. The number of benzene rings is 2. The number of nitrogens with one attached hydrogen (secondary N) is 1. The summed E-state index contributed by atoms with van der Waals surface area (Å²) in [5.74, 6) is -4.03. The van der Waals surface area contributed by atoms with Gasteiger partial charge < -0.3 is 15.1 Å². The summed E-state index contributed by atoms with van der Waals surface area (Å²) in [5.41, 5.74) is 1.64. The van der Waals surface area contributed by atoms with Crippen molar-refractivity contribution in [2.75, 3.05) is 28.2 Å². The second-order valence-corrected chi connectivity index (χ2v) is 13.5. The second-order valence-electron chi connectivity index (χ2n) is 12.3. The smallest absolute Gasteiger partial charge is 0.257 e. The lowest BCUT2D eigenvalue weighted by Crippen LogP contribution is -2.45. The molecule has 0 atom stereocenters. The van der Waals surface area contributed by atoms with E-state index in [1.165, 1.54) is 23.8 Å². The van der Waals surface area contributed by atoms with Crippen LogP contribution in [0, 0.1) is 14.8 Å². The van der Waals surface area contributed by atoms with E-state index in [9.17, 15) is 18.4 Å². The van der Waals surface area contributed by atoms with Gasteiger partial charge in [-0.2, -0.15) is 0 Å². The van der Waals surface area contributed by atoms with Crippen molar-refractivity contribution in [3.8, 4) is 0 Å². The largest absolute Gasteiger partial charge is 0.371 e. The van der Waals surface area contributed by atoms with E-state index in [1.54, 1.807) is 12.1 Å². The lowest BCUT2D eigenvalue weighted by atomic mass is 9.69. The van der Waals surface area contributed by atoms with Crippen molar-refractivity contribution in [1.29, 1.82) is 0 Å². The summed E-state index contributed by atoms with van der Waals surface area (Å²) in [6.07, 6.45) is 5.55. The summed E-state index contributed by atoms with van der Waals surface area (Å²) in [6, 6.07) is 8.55. The topological polar surface area (TPSA) is 52.7 Å². The fraction of sp³-hybridized carbons (Fsp3) is 0.533. The Labute approximate surface area is 239 Å². The molecule has 3 aliphatic carbocycles. The summed E-state index contributed by atoms with van der Waals surface area (Å²) in [6.45, 7) is 1.81. The van der Waals surface area contributed by atoms with Crippen LogP contribution in [0.25, 0.3) is 0 Å². The number of fused-ring (bicyclic) bond motifs is 2. The molecule has 0 aromatic heterocycles. The maximum Gasteiger partial charge on any atom is 0.257 e. The lowest BCUT2D eigenvalue weighted by molar-refractivity contribution is -0.128. The third-order valence-electron chi connectivity index (χ3n) is 9.78. The van der Waals surface area contributed by atoms with Crippen LogP contribution < -0.4 is 15.1 Å². The van der Waals surface area contributed by atoms with E-state index in [4.69, 9.17) is 0 Å². The zero-order chi connectivity index (χ0) is 27.2. The molecule has 7 rings (SSSR count). The maximum absolute atomic E-state index is 15.7. The van der Waals surface area contributed by atoms with E-state index in [0.29, 0.717) is 16.5 Å². The van der Waals surface area contributed by atoms with Crippen LogP contribution in [0.1, 0.15) is 80.1 Å². The predicted octanol–water partition coefficient (Wildman–Crippen LogP) is 7.02. The first-order valence-corrected chi connectivity index (χ1v) is 15.1. The van der Waals surface area contributed by atoms with E-state index in [2.05, 4.69) is 32.8 Å². The van der Waals surface area contributed by atoms with Crippen LogP contribution in [0.4, 0.5) is 30.2 Å². The van der Waals surface area contributed by atoms with Crippen LogP contribution in [0.3, 0.4) is 0 Å². The van der Waals surface area contributed by atoms with Crippen molar-refractivity contribution in [3.05, 3.63) is 50.8 Å². The van der Waals surface area contributed by atoms with Gasteiger partial charge in [-0.15, -0.1) is 0 Å². The Morgan fingerprint density at radius 2 is 1.64 bits per heavy atom. The minimum Gasteiger partial charge on any atom is -0.371 e. The minimum absolute atomic E-state index is 0.0242. The fourth-order valence-corrected chi connectivity index (χ4v) is 7.47. The Bertz CT molecular complexity index is 1370. The molecule has 0 radical (unpaired) electrons. The molecular formula is C30H31F3IN3O2. The molecule has 2 aromatic carbocycles. The zero-order valence-electron chi connectivity index (χ0n) is 21.7. The molecule has 206 valence electrons. The molecule has 0 bridgehead atoms. The molecule has 2 heterocycles. The second kappa shape index (κ2) is 8.85. The molecule has 5 aliphatic rings. The van der Waals surface area contributed by atoms with E-state index < -0.39 is 30.0 Å². The molecule has 3 saturated carbocycles. The summed E-state index contributed by atoms with van der Waals surface area (Å²) in [5, 5.41) is 2.88. The molecule has 39 heavy (non-hydrogen) atoms. The number of hydrogen-bond donors (Lipinski definition) is 1. The van der Waals surface area contributed by atoms with Gasteiger partial charge in [-0.05, 0) is 115 Å². The standard InChI is InChI=1S/C30H31F3IN3O2/c31-23-17-19(16-22-25(23)37(20-2-3-20)27(39)29(22)7-9-30(32,33)10-8-29)35-26(38)21-4-1-18(34)15-24(21)36-13-11-28(5-6-28)12-14-36/h1,4,15-17,20H,2-3,5-14H2,(H,35,38). The highest BCUT2D eigenvalue weighted by atomic mass is 127. The van der Waals surface area contributed by atoms with Crippen molar-refractivity contribution >= 4 is 51.5 Å². The Morgan fingerprint density at radius 1 is 0.949 bits per heavy atom. The van der Waals surface area contributed by atoms with Crippen LogP contribution in [0.15, 0.2) is 30.3 Å². The van der Waals surface area contributed by atoms with Gasteiger partial charge in [0.05, 0.1) is 22.4 Å². The van der Waals surface area contributed by atoms with E-state index >= 15 is 4.39 Å². The number of carbonyl (C=O) groups is 2. The summed E-state index contributed by atoms with van der Waals surface area (Å²) in [4.78, 5) is 31.0. The van der Waals surface area contributed by atoms with Gasteiger partial charge in [0.1, 0.15) is 5.82 Å². The lowest BCUT2D eigenvalue weighted by Gasteiger charge is -2.36. The first-order valence-electron chi connectivity index (χ1n) is 14.0. The summed E-state index contributed by atoms with van der Waals surface area (Å²) in [7, 11) is 0. The predicted molar refractivity (Wildman–Crippen MR) is 152 cm³/mol. The third kappa shape index (κ3) is 4.34. The van der Waals surface area contributed by atoms with Crippen molar-refractivity contribution < 1.29 is 22.8 Å². The molecule has 0 unspecified atom stereocenters. The monoisotopic (exact) mass is 649 g/mol.